The summed E-state index contributed by atoms with van der Waals surface area (Å²) in [6, 6.07) is 5.03. The summed E-state index contributed by atoms with van der Waals surface area (Å²) in [4.78, 5) is 12.2. The van der Waals surface area contributed by atoms with Crippen molar-refractivity contribution in [3.8, 4) is 0 Å². The van der Waals surface area contributed by atoms with Crippen molar-refractivity contribution in [2.75, 3.05) is 6.54 Å². The fourth-order valence-corrected chi connectivity index (χ4v) is 2.87. The van der Waals surface area contributed by atoms with Crippen molar-refractivity contribution >= 4 is 45.0 Å². The Hall–Kier alpha value is -0.250. The molecule has 1 rings (SSSR count). The molecule has 0 aromatic heterocycles. The Morgan fingerprint density at radius 1 is 1.39 bits per heavy atom. The number of amides is 1. The van der Waals surface area contributed by atoms with Crippen LogP contribution >= 0.6 is 39.1 Å². The average molecular weight is 353 g/mol. The summed E-state index contributed by atoms with van der Waals surface area (Å²) < 4.78 is 0. The predicted molar refractivity (Wildman–Crippen MR) is 81.0 cm³/mol. The van der Waals surface area contributed by atoms with Gasteiger partial charge in [0.1, 0.15) is 0 Å². The summed E-state index contributed by atoms with van der Waals surface area (Å²) in [5.74, 6) is 0.386. The molecule has 0 aliphatic heterocycles. The van der Waals surface area contributed by atoms with Gasteiger partial charge in [-0.2, -0.15) is 0 Å². The summed E-state index contributed by atoms with van der Waals surface area (Å²) in [6.45, 7) is 4.85. The van der Waals surface area contributed by atoms with E-state index in [1.54, 1.807) is 18.2 Å². The van der Waals surface area contributed by atoms with Gasteiger partial charge in [-0.3, -0.25) is 4.79 Å². The van der Waals surface area contributed by atoms with Crippen LogP contribution in [0.1, 0.15) is 30.6 Å². The predicted octanol–water partition coefficient (Wildman–Crippen LogP) is 4.53. The first-order valence-corrected chi connectivity index (χ1v) is 7.45. The van der Waals surface area contributed by atoms with Gasteiger partial charge < -0.3 is 5.32 Å². The molecule has 100 valence electrons. The zero-order valence-electron chi connectivity index (χ0n) is 10.3. The highest BCUT2D eigenvalue weighted by Crippen LogP contribution is 2.25. The van der Waals surface area contributed by atoms with Crippen LogP contribution in [0.3, 0.4) is 0 Å². The van der Waals surface area contributed by atoms with E-state index in [2.05, 4.69) is 35.1 Å². The molecule has 18 heavy (non-hydrogen) atoms. The molecule has 1 aromatic carbocycles. The first-order valence-electron chi connectivity index (χ1n) is 5.78. The van der Waals surface area contributed by atoms with E-state index in [0.29, 0.717) is 28.1 Å². The molecule has 0 spiro atoms. The minimum Gasteiger partial charge on any atom is -0.351 e. The van der Waals surface area contributed by atoms with Gasteiger partial charge in [-0.1, -0.05) is 59.0 Å². The number of alkyl halides is 1. The zero-order chi connectivity index (χ0) is 13.7. The SMILES string of the molecule is CC(C)CC(Br)CNC(=O)c1cccc(Cl)c1Cl. The normalized spacial score (nSPS) is 12.6. The second-order valence-electron chi connectivity index (χ2n) is 4.54. The molecule has 2 nitrogen and oxygen atoms in total. The third kappa shape index (κ3) is 4.79. The van der Waals surface area contributed by atoms with E-state index < -0.39 is 0 Å². The Morgan fingerprint density at radius 3 is 2.67 bits per heavy atom. The summed E-state index contributed by atoms with van der Waals surface area (Å²) in [6.07, 6.45) is 1.00. The van der Waals surface area contributed by atoms with Crippen molar-refractivity contribution in [3.05, 3.63) is 33.8 Å². The quantitative estimate of drug-likeness (QED) is 0.775. The molecule has 5 heteroatoms. The highest BCUT2D eigenvalue weighted by molar-refractivity contribution is 9.09. The molecule has 1 N–H and O–H groups in total. The smallest absolute Gasteiger partial charge is 0.252 e. The third-order valence-electron chi connectivity index (χ3n) is 2.41. The monoisotopic (exact) mass is 351 g/mol. The van der Waals surface area contributed by atoms with Crippen LogP contribution in [-0.4, -0.2) is 17.3 Å². The Kier molecular flexibility index (Phi) is 6.47. The van der Waals surface area contributed by atoms with Gasteiger partial charge in [-0.05, 0) is 24.5 Å². The second-order valence-corrected chi connectivity index (χ2v) is 6.62. The van der Waals surface area contributed by atoms with Crippen LogP contribution in [0.4, 0.5) is 0 Å². The van der Waals surface area contributed by atoms with Crippen molar-refractivity contribution in [3.63, 3.8) is 0 Å². The van der Waals surface area contributed by atoms with Crippen LogP contribution in [0.2, 0.25) is 10.0 Å². The Labute approximate surface area is 126 Å². The summed E-state index contributed by atoms with van der Waals surface area (Å²) in [7, 11) is 0. The van der Waals surface area contributed by atoms with Crippen molar-refractivity contribution in [2.45, 2.75) is 25.1 Å². The molecule has 0 saturated carbocycles. The number of carbonyl (C=O) groups excluding carboxylic acids is 1. The van der Waals surface area contributed by atoms with Crippen LogP contribution in [0.15, 0.2) is 18.2 Å². The molecular formula is C13H16BrCl2NO. The maximum atomic E-state index is 11.9. The third-order valence-corrected chi connectivity index (χ3v) is 3.92. The molecule has 0 fully saturated rings. The van der Waals surface area contributed by atoms with Crippen molar-refractivity contribution in [1.29, 1.82) is 0 Å². The molecule has 0 heterocycles. The number of benzene rings is 1. The average Bonchev–Trinajstić information content (AvgIpc) is 2.29. The molecule has 0 aliphatic carbocycles. The van der Waals surface area contributed by atoms with E-state index in [-0.39, 0.29) is 10.7 Å². The summed E-state index contributed by atoms with van der Waals surface area (Å²) in [5.41, 5.74) is 0.411. The van der Waals surface area contributed by atoms with Crippen molar-refractivity contribution < 1.29 is 4.79 Å². The van der Waals surface area contributed by atoms with Crippen LogP contribution in [0.25, 0.3) is 0 Å². The first-order chi connectivity index (χ1) is 8.41. The Morgan fingerprint density at radius 2 is 2.06 bits per heavy atom. The van der Waals surface area contributed by atoms with E-state index in [4.69, 9.17) is 23.2 Å². The molecule has 0 radical (unpaired) electrons. The fraction of sp³-hybridized carbons (Fsp3) is 0.462. The first kappa shape index (κ1) is 15.8. The lowest BCUT2D eigenvalue weighted by Gasteiger charge is -2.13. The van der Waals surface area contributed by atoms with Gasteiger partial charge in [-0.25, -0.2) is 0 Å². The van der Waals surface area contributed by atoms with Crippen molar-refractivity contribution in [2.24, 2.45) is 5.92 Å². The molecule has 0 bridgehead atoms. The minimum atomic E-state index is -0.198. The van der Waals surface area contributed by atoms with E-state index in [1.165, 1.54) is 0 Å². The maximum Gasteiger partial charge on any atom is 0.252 e. The van der Waals surface area contributed by atoms with Crippen LogP contribution in [-0.2, 0) is 0 Å². The molecule has 1 amide bonds. The Bertz CT molecular complexity index is 423. The topological polar surface area (TPSA) is 29.1 Å². The number of hydrogen-bond donors (Lipinski definition) is 1. The van der Waals surface area contributed by atoms with E-state index in [1.807, 2.05) is 0 Å². The fourth-order valence-electron chi connectivity index (χ4n) is 1.57. The zero-order valence-corrected chi connectivity index (χ0v) is 13.4. The molecule has 0 aliphatic rings. The largest absolute Gasteiger partial charge is 0.351 e. The standard InChI is InChI=1S/C13H16BrCl2NO/c1-8(2)6-9(14)7-17-13(18)10-4-3-5-11(15)12(10)16/h3-5,8-9H,6-7H2,1-2H3,(H,17,18). The maximum absolute atomic E-state index is 11.9. The molecule has 0 saturated heterocycles. The lowest BCUT2D eigenvalue weighted by Crippen LogP contribution is -2.30. The number of nitrogens with one attached hydrogen (secondary N) is 1. The van der Waals surface area contributed by atoms with Crippen molar-refractivity contribution in [1.82, 2.24) is 5.32 Å². The number of carbonyl (C=O) groups is 1. The highest BCUT2D eigenvalue weighted by atomic mass is 79.9. The van der Waals surface area contributed by atoms with E-state index >= 15 is 0 Å². The van der Waals surface area contributed by atoms with Crippen LogP contribution < -0.4 is 5.32 Å². The van der Waals surface area contributed by atoms with Gasteiger partial charge in [0, 0.05) is 11.4 Å². The Balaban J connectivity index is 2.58. The van der Waals surface area contributed by atoms with Gasteiger partial charge >= 0.3 is 0 Å². The van der Waals surface area contributed by atoms with E-state index in [9.17, 15) is 4.79 Å². The highest BCUT2D eigenvalue weighted by Gasteiger charge is 2.14. The van der Waals surface area contributed by atoms with Crippen LogP contribution in [0, 0.1) is 5.92 Å². The van der Waals surface area contributed by atoms with Gasteiger partial charge in [0.25, 0.3) is 5.91 Å². The van der Waals surface area contributed by atoms with Gasteiger partial charge in [0.15, 0.2) is 0 Å². The van der Waals surface area contributed by atoms with Gasteiger partial charge in [0.05, 0.1) is 15.6 Å². The second kappa shape index (κ2) is 7.37. The molecular weight excluding hydrogens is 337 g/mol. The van der Waals surface area contributed by atoms with E-state index in [0.717, 1.165) is 6.42 Å². The summed E-state index contributed by atoms with van der Waals surface area (Å²) in [5, 5.41) is 3.53. The van der Waals surface area contributed by atoms with Gasteiger partial charge in [0.2, 0.25) is 0 Å². The lowest BCUT2D eigenvalue weighted by atomic mass is 10.1. The number of rotatable bonds is 5. The number of hydrogen-bond acceptors (Lipinski definition) is 1. The number of halogens is 3. The molecule has 1 unspecified atom stereocenters. The minimum absolute atomic E-state index is 0.198. The van der Waals surface area contributed by atoms with Crippen LogP contribution in [0.5, 0.6) is 0 Å². The summed E-state index contributed by atoms with van der Waals surface area (Å²) >= 11 is 15.4. The van der Waals surface area contributed by atoms with Gasteiger partial charge in [-0.15, -0.1) is 0 Å². The molecule has 1 atom stereocenters. The molecule has 1 aromatic rings. The lowest BCUT2D eigenvalue weighted by molar-refractivity contribution is 0.0953.